The van der Waals surface area contributed by atoms with Crippen LogP contribution in [0.25, 0.3) is 5.57 Å². The van der Waals surface area contributed by atoms with Gasteiger partial charge in [0.15, 0.2) is 0 Å². The Balaban J connectivity index is 2.20. The van der Waals surface area contributed by atoms with Gasteiger partial charge < -0.3 is 14.6 Å². The first-order valence-corrected chi connectivity index (χ1v) is 7.14. The molecule has 0 spiro atoms. The van der Waals surface area contributed by atoms with Crippen molar-refractivity contribution >= 4 is 11.5 Å². The average molecular weight is 310 g/mol. The van der Waals surface area contributed by atoms with Gasteiger partial charge in [0.25, 0.3) is 0 Å². The van der Waals surface area contributed by atoms with Crippen molar-refractivity contribution in [3.8, 4) is 0 Å². The molecule has 0 aromatic heterocycles. The monoisotopic (exact) mass is 310 g/mol. The van der Waals surface area contributed by atoms with Crippen molar-refractivity contribution in [2.24, 2.45) is 5.92 Å². The standard InChI is InChI=1S/C16H16F2O4/c1-16(20)14(9-5-7-21-8-6-9)13(15(19)22-16)12-10(17)3-2-4-11(12)18/h2-4,9,20H,5-8H2,1H3. The third-order valence-electron chi connectivity index (χ3n) is 4.11. The lowest BCUT2D eigenvalue weighted by Gasteiger charge is -2.29. The van der Waals surface area contributed by atoms with E-state index in [9.17, 15) is 18.7 Å². The number of halogens is 2. The fraction of sp³-hybridized carbons (Fsp3) is 0.438. The molecule has 1 atom stereocenters. The summed E-state index contributed by atoms with van der Waals surface area (Å²) in [6.07, 6.45) is 1.11. The van der Waals surface area contributed by atoms with Crippen molar-refractivity contribution < 1.29 is 28.2 Å². The molecule has 6 heteroatoms. The van der Waals surface area contributed by atoms with E-state index in [4.69, 9.17) is 9.47 Å². The Labute approximate surface area is 126 Å². The van der Waals surface area contributed by atoms with Crippen molar-refractivity contribution in [1.82, 2.24) is 0 Å². The van der Waals surface area contributed by atoms with Crippen LogP contribution in [0, 0.1) is 17.6 Å². The molecule has 4 nitrogen and oxygen atoms in total. The number of cyclic esters (lactones) is 1. The van der Waals surface area contributed by atoms with Crippen molar-refractivity contribution in [3.63, 3.8) is 0 Å². The van der Waals surface area contributed by atoms with Crippen LogP contribution >= 0.6 is 0 Å². The average Bonchev–Trinajstić information content (AvgIpc) is 2.69. The van der Waals surface area contributed by atoms with Crippen LogP contribution in [0.1, 0.15) is 25.3 Å². The highest BCUT2D eigenvalue weighted by atomic mass is 19.1. The molecule has 2 aliphatic rings. The molecule has 1 aromatic rings. The van der Waals surface area contributed by atoms with Crippen LogP contribution in [-0.4, -0.2) is 30.1 Å². The van der Waals surface area contributed by atoms with Gasteiger partial charge in [-0.05, 0) is 30.9 Å². The van der Waals surface area contributed by atoms with Crippen LogP contribution in [-0.2, 0) is 14.3 Å². The van der Waals surface area contributed by atoms with Crippen LogP contribution in [0.5, 0.6) is 0 Å². The van der Waals surface area contributed by atoms with E-state index in [1.165, 1.54) is 13.0 Å². The smallest absolute Gasteiger partial charge is 0.341 e. The van der Waals surface area contributed by atoms with E-state index in [2.05, 4.69) is 0 Å². The van der Waals surface area contributed by atoms with Crippen LogP contribution in [0.3, 0.4) is 0 Å². The number of ether oxygens (including phenoxy) is 2. The summed E-state index contributed by atoms with van der Waals surface area (Å²) in [5.74, 6) is -4.69. The highest BCUT2D eigenvalue weighted by molar-refractivity contribution is 6.20. The summed E-state index contributed by atoms with van der Waals surface area (Å²) in [4.78, 5) is 12.1. The maximum atomic E-state index is 14.1. The summed E-state index contributed by atoms with van der Waals surface area (Å²) in [5.41, 5.74) is -0.399. The number of aliphatic hydroxyl groups is 1. The van der Waals surface area contributed by atoms with E-state index in [0.29, 0.717) is 26.1 Å². The first kappa shape index (κ1) is 15.1. The molecule has 22 heavy (non-hydrogen) atoms. The van der Waals surface area contributed by atoms with E-state index in [-0.39, 0.29) is 17.1 Å². The molecular formula is C16H16F2O4. The lowest BCUT2D eigenvalue weighted by Crippen LogP contribution is -2.33. The Morgan fingerprint density at radius 3 is 2.41 bits per heavy atom. The van der Waals surface area contributed by atoms with Crippen LogP contribution in [0.2, 0.25) is 0 Å². The molecule has 0 bridgehead atoms. The molecule has 0 radical (unpaired) electrons. The fourth-order valence-corrected chi connectivity index (χ4v) is 3.17. The molecule has 3 rings (SSSR count). The number of carbonyl (C=O) groups excluding carboxylic acids is 1. The summed E-state index contributed by atoms with van der Waals surface area (Å²) in [6.45, 7) is 2.25. The third kappa shape index (κ3) is 2.42. The van der Waals surface area contributed by atoms with Gasteiger partial charge in [-0.2, -0.15) is 0 Å². The molecule has 1 fully saturated rings. The van der Waals surface area contributed by atoms with E-state index >= 15 is 0 Å². The Hall–Kier alpha value is -1.79. The lowest BCUT2D eigenvalue weighted by molar-refractivity contribution is -0.176. The van der Waals surface area contributed by atoms with E-state index in [1.54, 1.807) is 0 Å². The number of hydrogen-bond acceptors (Lipinski definition) is 4. The summed E-state index contributed by atoms with van der Waals surface area (Å²) in [5, 5.41) is 10.4. The van der Waals surface area contributed by atoms with Gasteiger partial charge in [0.2, 0.25) is 5.79 Å². The van der Waals surface area contributed by atoms with Gasteiger partial charge in [-0.1, -0.05) is 6.07 Å². The predicted octanol–water partition coefficient (Wildman–Crippen LogP) is 2.41. The minimum absolute atomic E-state index is 0.201. The molecule has 1 aromatic carbocycles. The van der Waals surface area contributed by atoms with Crippen molar-refractivity contribution in [2.75, 3.05) is 13.2 Å². The van der Waals surface area contributed by atoms with Gasteiger partial charge in [-0.25, -0.2) is 13.6 Å². The maximum Gasteiger partial charge on any atom is 0.341 e. The Bertz CT molecular complexity index is 625. The normalized spacial score (nSPS) is 26.5. The fourth-order valence-electron chi connectivity index (χ4n) is 3.17. The molecule has 0 amide bonds. The third-order valence-corrected chi connectivity index (χ3v) is 4.11. The van der Waals surface area contributed by atoms with Gasteiger partial charge >= 0.3 is 5.97 Å². The number of rotatable bonds is 2. The van der Waals surface area contributed by atoms with Crippen molar-refractivity contribution in [2.45, 2.75) is 25.6 Å². The Morgan fingerprint density at radius 2 is 1.82 bits per heavy atom. The maximum absolute atomic E-state index is 14.1. The van der Waals surface area contributed by atoms with E-state index < -0.39 is 29.0 Å². The number of esters is 1. The number of hydrogen-bond donors (Lipinski definition) is 1. The van der Waals surface area contributed by atoms with Gasteiger partial charge in [0.1, 0.15) is 11.6 Å². The predicted molar refractivity (Wildman–Crippen MR) is 73.5 cm³/mol. The van der Waals surface area contributed by atoms with Gasteiger partial charge in [-0.15, -0.1) is 0 Å². The molecule has 1 saturated heterocycles. The Kier molecular flexibility index (Phi) is 3.74. The summed E-state index contributed by atoms with van der Waals surface area (Å²) >= 11 is 0. The molecule has 2 aliphatic heterocycles. The second-order valence-electron chi connectivity index (χ2n) is 5.64. The number of benzene rings is 1. The first-order chi connectivity index (χ1) is 10.4. The zero-order valence-corrected chi connectivity index (χ0v) is 12.1. The quantitative estimate of drug-likeness (QED) is 0.852. The lowest BCUT2D eigenvalue weighted by atomic mass is 9.83. The largest absolute Gasteiger partial charge is 0.426 e. The molecule has 0 saturated carbocycles. The second kappa shape index (κ2) is 5.44. The second-order valence-corrected chi connectivity index (χ2v) is 5.64. The SMILES string of the molecule is CC1(O)OC(=O)C(c2c(F)cccc2F)=C1C1CCOCC1. The Morgan fingerprint density at radius 1 is 1.23 bits per heavy atom. The highest BCUT2D eigenvalue weighted by Crippen LogP contribution is 2.44. The summed E-state index contributed by atoms with van der Waals surface area (Å²) < 4.78 is 38.4. The van der Waals surface area contributed by atoms with Gasteiger partial charge in [0, 0.05) is 25.7 Å². The van der Waals surface area contributed by atoms with Crippen LogP contribution < -0.4 is 0 Å². The van der Waals surface area contributed by atoms with Gasteiger partial charge in [0.05, 0.1) is 11.1 Å². The first-order valence-electron chi connectivity index (χ1n) is 7.14. The molecule has 0 aliphatic carbocycles. The zero-order chi connectivity index (χ0) is 15.9. The molecule has 118 valence electrons. The molecule has 1 N–H and O–H groups in total. The van der Waals surface area contributed by atoms with Crippen molar-refractivity contribution in [1.29, 1.82) is 0 Å². The molecular weight excluding hydrogens is 294 g/mol. The molecule has 2 heterocycles. The minimum Gasteiger partial charge on any atom is -0.426 e. The van der Waals surface area contributed by atoms with Crippen LogP contribution in [0.4, 0.5) is 8.78 Å². The summed E-state index contributed by atoms with van der Waals surface area (Å²) in [6, 6.07) is 3.38. The molecule has 1 unspecified atom stereocenters. The van der Waals surface area contributed by atoms with E-state index in [1.807, 2.05) is 0 Å². The topological polar surface area (TPSA) is 55.8 Å². The zero-order valence-electron chi connectivity index (χ0n) is 12.1. The van der Waals surface area contributed by atoms with Crippen LogP contribution in [0.15, 0.2) is 23.8 Å². The highest BCUT2D eigenvalue weighted by Gasteiger charge is 2.47. The van der Waals surface area contributed by atoms with Crippen molar-refractivity contribution in [3.05, 3.63) is 41.0 Å². The van der Waals surface area contributed by atoms with Gasteiger partial charge in [-0.3, -0.25) is 0 Å². The minimum atomic E-state index is -1.86. The van der Waals surface area contributed by atoms with E-state index in [0.717, 1.165) is 12.1 Å². The summed E-state index contributed by atoms with van der Waals surface area (Å²) in [7, 11) is 0. The number of carbonyl (C=O) groups is 1.